The summed E-state index contributed by atoms with van der Waals surface area (Å²) in [4.78, 5) is 27.4. The molecule has 0 radical (unpaired) electrons. The quantitative estimate of drug-likeness (QED) is 0.332. The van der Waals surface area contributed by atoms with Gasteiger partial charge in [0.25, 0.3) is 5.91 Å². The lowest BCUT2D eigenvalue weighted by Gasteiger charge is -2.20. The predicted octanol–water partition coefficient (Wildman–Crippen LogP) is 3.47. The average molecular weight is 522 g/mol. The van der Waals surface area contributed by atoms with Crippen molar-refractivity contribution in [1.29, 1.82) is 0 Å². The van der Waals surface area contributed by atoms with Crippen molar-refractivity contribution in [1.82, 2.24) is 25.2 Å². The first kappa shape index (κ1) is 25.9. The van der Waals surface area contributed by atoms with E-state index in [4.69, 9.17) is 5.73 Å². The van der Waals surface area contributed by atoms with Crippen molar-refractivity contribution < 1.29 is 23.1 Å². The van der Waals surface area contributed by atoms with Crippen LogP contribution in [-0.2, 0) is 19.3 Å². The normalized spacial score (nSPS) is 15.2. The molecule has 2 aromatic heterocycles. The summed E-state index contributed by atoms with van der Waals surface area (Å²) in [5.74, 6) is -0.265. The molecule has 0 spiro atoms. The zero-order valence-electron chi connectivity index (χ0n) is 19.5. The van der Waals surface area contributed by atoms with Crippen LogP contribution in [0.3, 0.4) is 0 Å². The van der Waals surface area contributed by atoms with Crippen LogP contribution in [0, 0.1) is 6.92 Å². The molecule has 36 heavy (non-hydrogen) atoms. The number of alkyl halides is 3. The van der Waals surface area contributed by atoms with Crippen molar-refractivity contribution >= 4 is 28.7 Å². The Hall–Kier alpha value is -3.13. The van der Waals surface area contributed by atoms with Crippen molar-refractivity contribution in [2.75, 3.05) is 24.1 Å². The second kappa shape index (κ2) is 10.9. The molecule has 3 aromatic rings. The summed E-state index contributed by atoms with van der Waals surface area (Å²) < 4.78 is 39.4. The van der Waals surface area contributed by atoms with Gasteiger partial charge in [0.15, 0.2) is 0 Å². The fraction of sp³-hybridized carbons (Fsp3) is 0.391. The number of nitrogens with zero attached hydrogens (tertiary/aromatic N) is 4. The Labute approximate surface area is 209 Å². The first-order valence-electron chi connectivity index (χ1n) is 11.3. The molecule has 1 aromatic carbocycles. The van der Waals surface area contributed by atoms with Crippen LogP contribution in [0.15, 0.2) is 30.7 Å². The summed E-state index contributed by atoms with van der Waals surface area (Å²) in [6.45, 7) is 3.92. The van der Waals surface area contributed by atoms with E-state index in [-0.39, 0.29) is 22.7 Å². The zero-order chi connectivity index (χ0) is 25.9. The molecule has 1 aliphatic heterocycles. The molecule has 0 bridgehead atoms. The zero-order valence-corrected chi connectivity index (χ0v) is 20.3. The number of benzene rings is 1. The number of nitrogens with two attached hydrogens (primary N) is 1. The van der Waals surface area contributed by atoms with E-state index in [0.29, 0.717) is 28.6 Å². The summed E-state index contributed by atoms with van der Waals surface area (Å²) in [5, 5.41) is 16.6. The van der Waals surface area contributed by atoms with Crippen LogP contribution in [0.25, 0.3) is 0 Å². The summed E-state index contributed by atoms with van der Waals surface area (Å²) in [7, 11) is 0. The van der Waals surface area contributed by atoms with Crippen LogP contribution in [0.1, 0.15) is 56.1 Å². The number of hydrogen-bond donors (Lipinski definition) is 4. The van der Waals surface area contributed by atoms with Crippen LogP contribution in [0.4, 0.5) is 24.7 Å². The molecule has 192 valence electrons. The highest BCUT2D eigenvalue weighted by molar-refractivity contribution is 7.13. The number of aliphatic hydroxyl groups is 1. The maximum atomic E-state index is 13.1. The third-order valence-corrected chi connectivity index (χ3v) is 6.87. The van der Waals surface area contributed by atoms with Crippen molar-refractivity contribution in [3.05, 3.63) is 63.0 Å². The third kappa shape index (κ3) is 6.16. The highest BCUT2D eigenvalue weighted by atomic mass is 32.1. The van der Waals surface area contributed by atoms with Crippen molar-refractivity contribution in [2.24, 2.45) is 0 Å². The molecule has 1 saturated heterocycles. The highest BCUT2D eigenvalue weighted by Gasteiger charge is 2.32. The molecule has 1 atom stereocenters. The molecule has 0 saturated carbocycles. The summed E-state index contributed by atoms with van der Waals surface area (Å²) in [6.07, 6.45) is -0.804. The second-order valence-electron chi connectivity index (χ2n) is 8.49. The fourth-order valence-electron chi connectivity index (χ4n) is 3.98. The number of aliphatic hydroxyl groups excluding tert-OH is 1. The first-order valence-corrected chi connectivity index (χ1v) is 12.1. The number of rotatable bonds is 8. The summed E-state index contributed by atoms with van der Waals surface area (Å²) in [5.41, 5.74) is 6.39. The number of nitrogen functional groups attached to an aromatic ring is 1. The van der Waals surface area contributed by atoms with Crippen LogP contribution in [-0.4, -0.2) is 44.0 Å². The third-order valence-electron chi connectivity index (χ3n) is 5.88. The van der Waals surface area contributed by atoms with E-state index in [0.717, 1.165) is 43.3 Å². The molecule has 1 amide bonds. The van der Waals surface area contributed by atoms with Gasteiger partial charge in [-0.3, -0.25) is 15.0 Å². The topological polar surface area (TPSA) is 129 Å². The van der Waals surface area contributed by atoms with Crippen molar-refractivity contribution in [2.45, 2.75) is 45.3 Å². The smallest absolute Gasteiger partial charge is 0.383 e. The number of aromatic nitrogens is 3. The maximum Gasteiger partial charge on any atom is 0.416 e. The monoisotopic (exact) mass is 521 g/mol. The van der Waals surface area contributed by atoms with E-state index in [9.17, 15) is 23.1 Å². The number of carbonyl (C=O) groups is 1. The Bertz CT molecular complexity index is 1230. The fourth-order valence-corrected chi connectivity index (χ4v) is 4.74. The molecular weight excluding hydrogens is 495 g/mol. The minimum absolute atomic E-state index is 0.0355. The molecule has 0 aliphatic carbocycles. The van der Waals surface area contributed by atoms with E-state index >= 15 is 0 Å². The lowest BCUT2D eigenvalue weighted by atomic mass is 10.1. The standard InChI is InChI=1S/C23H26F3N7O2S/c1-13-4-5-14(8-16(13)23(24,25)26)32-21(34)17-9-28-18(36-17)10-29-22(35)19-15(20(27)31-12-30-19)11-33-6-2-3-7-33/h4-5,8-9,12,22,29,35H,2-3,6-7,10-11H2,1H3,(H,32,34)(H2,27,30,31). The Balaban J connectivity index is 1.39. The van der Waals surface area contributed by atoms with Gasteiger partial charge in [-0.05, 0) is 50.6 Å². The van der Waals surface area contributed by atoms with E-state index in [2.05, 4.69) is 30.5 Å². The van der Waals surface area contributed by atoms with Crippen LogP contribution in [0.2, 0.25) is 0 Å². The number of aryl methyl sites for hydroxylation is 1. The SMILES string of the molecule is Cc1ccc(NC(=O)c2cnc(CNC(O)c3ncnc(N)c3CN3CCCC3)s2)cc1C(F)(F)F. The number of carbonyl (C=O) groups excluding carboxylic acids is 1. The number of nitrogens with one attached hydrogen (secondary N) is 2. The molecule has 1 aliphatic rings. The Morgan fingerprint density at radius 1 is 1.25 bits per heavy atom. The van der Waals surface area contributed by atoms with Crippen LogP contribution >= 0.6 is 11.3 Å². The van der Waals surface area contributed by atoms with E-state index < -0.39 is 23.9 Å². The van der Waals surface area contributed by atoms with Crippen LogP contribution < -0.4 is 16.4 Å². The molecular formula is C23H26F3N7O2S. The number of thiazole rings is 1. The Morgan fingerprint density at radius 2 is 2.00 bits per heavy atom. The summed E-state index contributed by atoms with van der Waals surface area (Å²) >= 11 is 1.06. The van der Waals surface area contributed by atoms with Gasteiger partial charge in [-0.15, -0.1) is 11.3 Å². The first-order chi connectivity index (χ1) is 17.1. The van der Waals surface area contributed by atoms with Crippen molar-refractivity contribution in [3.8, 4) is 0 Å². The Kier molecular flexibility index (Phi) is 7.83. The molecule has 4 rings (SSSR count). The van der Waals surface area contributed by atoms with E-state index in [1.807, 2.05) is 0 Å². The van der Waals surface area contributed by atoms with Crippen molar-refractivity contribution in [3.63, 3.8) is 0 Å². The largest absolute Gasteiger partial charge is 0.416 e. The van der Waals surface area contributed by atoms with Crippen LogP contribution in [0.5, 0.6) is 0 Å². The minimum Gasteiger partial charge on any atom is -0.383 e. The molecule has 1 unspecified atom stereocenters. The summed E-state index contributed by atoms with van der Waals surface area (Å²) in [6, 6.07) is 3.62. The Morgan fingerprint density at radius 3 is 2.72 bits per heavy atom. The highest BCUT2D eigenvalue weighted by Crippen LogP contribution is 2.33. The van der Waals surface area contributed by atoms with Gasteiger partial charge < -0.3 is 16.2 Å². The number of likely N-dealkylation sites (tertiary alicyclic amines) is 1. The van der Waals surface area contributed by atoms with Gasteiger partial charge in [0.1, 0.15) is 28.3 Å². The lowest BCUT2D eigenvalue weighted by Crippen LogP contribution is -2.26. The number of anilines is 2. The van der Waals surface area contributed by atoms with Gasteiger partial charge in [0.2, 0.25) is 0 Å². The molecule has 9 nitrogen and oxygen atoms in total. The van der Waals surface area contributed by atoms with Gasteiger partial charge in [-0.1, -0.05) is 6.07 Å². The lowest BCUT2D eigenvalue weighted by molar-refractivity contribution is -0.138. The van der Waals surface area contributed by atoms with E-state index in [1.165, 1.54) is 31.6 Å². The molecule has 1 fully saturated rings. The number of amides is 1. The molecule has 13 heteroatoms. The minimum atomic E-state index is -4.52. The van der Waals surface area contributed by atoms with Gasteiger partial charge in [-0.25, -0.2) is 15.0 Å². The number of halogens is 3. The maximum absolute atomic E-state index is 13.1. The predicted molar refractivity (Wildman–Crippen MR) is 129 cm³/mol. The van der Waals surface area contributed by atoms with E-state index in [1.54, 1.807) is 0 Å². The average Bonchev–Trinajstić information content (AvgIpc) is 3.51. The second-order valence-corrected chi connectivity index (χ2v) is 9.60. The van der Waals surface area contributed by atoms with Gasteiger partial charge in [0.05, 0.1) is 24.0 Å². The molecule has 5 N–H and O–H groups in total. The molecule has 3 heterocycles. The van der Waals surface area contributed by atoms with Gasteiger partial charge in [0, 0.05) is 17.8 Å². The van der Waals surface area contributed by atoms with Gasteiger partial charge in [-0.2, -0.15) is 13.2 Å². The van der Waals surface area contributed by atoms with Gasteiger partial charge >= 0.3 is 6.18 Å². The number of hydrogen-bond acceptors (Lipinski definition) is 9.